The number of rotatable bonds is 4. The highest BCUT2D eigenvalue weighted by atomic mass is 127. The zero-order valence-electron chi connectivity index (χ0n) is 14.0. The molecule has 1 N–H and O–H groups in total. The number of fused-ring (bicyclic) bond motifs is 1. The molecule has 3 nitrogen and oxygen atoms in total. The molecule has 1 amide bonds. The van der Waals surface area contributed by atoms with Crippen LogP contribution in [-0.4, -0.2) is 11.5 Å². The molecular formula is C20H22INO2. The smallest absolute Gasteiger partial charge is 0.251 e. The van der Waals surface area contributed by atoms with Gasteiger partial charge in [-0.15, -0.1) is 0 Å². The Bertz CT molecular complexity index is 723. The highest BCUT2D eigenvalue weighted by Crippen LogP contribution is 2.42. The summed E-state index contributed by atoms with van der Waals surface area (Å²) in [5, 5.41) is 3.21. The molecule has 4 heteroatoms. The van der Waals surface area contributed by atoms with Crippen molar-refractivity contribution in [2.24, 2.45) is 0 Å². The Morgan fingerprint density at radius 2 is 1.83 bits per heavy atom. The van der Waals surface area contributed by atoms with Gasteiger partial charge >= 0.3 is 0 Å². The number of ether oxygens (including phenoxy) is 1. The van der Waals surface area contributed by atoms with E-state index in [1.165, 1.54) is 0 Å². The maximum absolute atomic E-state index is 12.7. The molecule has 0 aliphatic carbocycles. The van der Waals surface area contributed by atoms with E-state index < -0.39 is 0 Å². The molecule has 1 heterocycles. The quantitative estimate of drug-likeness (QED) is 0.679. The summed E-state index contributed by atoms with van der Waals surface area (Å²) in [6, 6.07) is 15.6. The van der Waals surface area contributed by atoms with Gasteiger partial charge < -0.3 is 10.1 Å². The topological polar surface area (TPSA) is 38.3 Å². The van der Waals surface area contributed by atoms with Crippen molar-refractivity contribution in [3.8, 4) is 5.75 Å². The van der Waals surface area contributed by atoms with Gasteiger partial charge in [-0.1, -0.05) is 32.0 Å². The zero-order chi connectivity index (χ0) is 17.2. The molecule has 0 bridgehead atoms. The van der Waals surface area contributed by atoms with Crippen molar-refractivity contribution in [2.45, 2.75) is 44.8 Å². The number of halogens is 1. The Kier molecular flexibility index (Phi) is 5.13. The summed E-state index contributed by atoms with van der Waals surface area (Å²) >= 11 is 2.24. The summed E-state index contributed by atoms with van der Waals surface area (Å²) in [6.45, 7) is 4.30. The van der Waals surface area contributed by atoms with Crippen LogP contribution in [0, 0.1) is 3.57 Å². The first-order valence-electron chi connectivity index (χ1n) is 8.41. The predicted octanol–water partition coefficient (Wildman–Crippen LogP) is 5.10. The summed E-state index contributed by atoms with van der Waals surface area (Å²) in [7, 11) is 0. The molecular weight excluding hydrogens is 413 g/mol. The van der Waals surface area contributed by atoms with E-state index in [2.05, 4.69) is 41.8 Å². The molecule has 0 fully saturated rings. The molecule has 126 valence electrons. The lowest BCUT2D eigenvalue weighted by molar-refractivity contribution is 0.0227. The SMILES string of the molecule is CCC1(CC)C[C@@H](NC(=O)c2ccc(I)cc2)c2ccccc2O1. The van der Waals surface area contributed by atoms with E-state index in [9.17, 15) is 4.79 Å². The molecule has 0 saturated carbocycles. The molecule has 1 atom stereocenters. The fourth-order valence-electron chi connectivity index (χ4n) is 3.27. The monoisotopic (exact) mass is 435 g/mol. The van der Waals surface area contributed by atoms with Crippen LogP contribution in [0.4, 0.5) is 0 Å². The number of para-hydroxylation sites is 1. The molecule has 0 radical (unpaired) electrons. The molecule has 3 rings (SSSR count). The Labute approximate surface area is 156 Å². The lowest BCUT2D eigenvalue weighted by atomic mass is 9.83. The maximum atomic E-state index is 12.7. The normalized spacial score (nSPS) is 18.4. The van der Waals surface area contributed by atoms with E-state index in [0.29, 0.717) is 5.56 Å². The number of hydrogen-bond acceptors (Lipinski definition) is 2. The van der Waals surface area contributed by atoms with Crippen LogP contribution in [-0.2, 0) is 0 Å². The van der Waals surface area contributed by atoms with Crippen LogP contribution >= 0.6 is 22.6 Å². The minimum absolute atomic E-state index is 0.0263. The number of carbonyl (C=O) groups excluding carboxylic acids is 1. The second kappa shape index (κ2) is 7.13. The molecule has 2 aromatic rings. The van der Waals surface area contributed by atoms with Crippen LogP contribution in [0.3, 0.4) is 0 Å². The highest BCUT2D eigenvalue weighted by Gasteiger charge is 2.38. The van der Waals surface area contributed by atoms with E-state index in [0.717, 1.165) is 34.1 Å². The van der Waals surface area contributed by atoms with Gasteiger partial charge in [-0.05, 0) is 65.8 Å². The third-order valence-electron chi connectivity index (χ3n) is 4.90. The first-order valence-corrected chi connectivity index (χ1v) is 9.49. The first-order chi connectivity index (χ1) is 11.6. The van der Waals surface area contributed by atoms with Gasteiger partial charge in [0, 0.05) is 21.1 Å². The van der Waals surface area contributed by atoms with Gasteiger partial charge in [0.15, 0.2) is 0 Å². The Morgan fingerprint density at radius 3 is 2.50 bits per heavy atom. The van der Waals surface area contributed by atoms with E-state index in [4.69, 9.17) is 4.74 Å². The van der Waals surface area contributed by atoms with Crippen molar-refractivity contribution in [1.82, 2.24) is 5.32 Å². The lowest BCUT2D eigenvalue weighted by Gasteiger charge is -2.41. The number of hydrogen-bond donors (Lipinski definition) is 1. The fraction of sp³-hybridized carbons (Fsp3) is 0.350. The van der Waals surface area contributed by atoms with Gasteiger partial charge in [-0.25, -0.2) is 0 Å². The average Bonchev–Trinajstić information content (AvgIpc) is 2.62. The molecule has 0 saturated heterocycles. The fourth-order valence-corrected chi connectivity index (χ4v) is 3.63. The Hall–Kier alpha value is -1.56. The molecule has 0 aromatic heterocycles. The second-order valence-electron chi connectivity index (χ2n) is 6.27. The van der Waals surface area contributed by atoms with Crippen molar-refractivity contribution in [3.05, 3.63) is 63.2 Å². The molecule has 0 unspecified atom stereocenters. The van der Waals surface area contributed by atoms with Gasteiger partial charge in [0.05, 0.1) is 6.04 Å². The van der Waals surface area contributed by atoms with Gasteiger partial charge in [0.1, 0.15) is 11.4 Å². The molecule has 0 spiro atoms. The van der Waals surface area contributed by atoms with Crippen LogP contribution < -0.4 is 10.1 Å². The Morgan fingerprint density at radius 1 is 1.17 bits per heavy atom. The highest BCUT2D eigenvalue weighted by molar-refractivity contribution is 14.1. The summed E-state index contributed by atoms with van der Waals surface area (Å²) in [5.41, 5.74) is 1.55. The largest absolute Gasteiger partial charge is 0.487 e. The molecule has 2 aromatic carbocycles. The van der Waals surface area contributed by atoms with Crippen LogP contribution in [0.5, 0.6) is 5.75 Å². The summed E-state index contributed by atoms with van der Waals surface area (Å²) < 4.78 is 7.42. The van der Waals surface area contributed by atoms with E-state index in [1.54, 1.807) is 0 Å². The zero-order valence-corrected chi connectivity index (χ0v) is 16.2. The first kappa shape index (κ1) is 17.3. The van der Waals surface area contributed by atoms with Crippen LogP contribution in [0.25, 0.3) is 0 Å². The molecule has 1 aliphatic rings. The van der Waals surface area contributed by atoms with Gasteiger partial charge in [-0.3, -0.25) is 4.79 Å². The van der Waals surface area contributed by atoms with Gasteiger partial charge in [0.25, 0.3) is 5.91 Å². The van der Waals surface area contributed by atoms with E-state index >= 15 is 0 Å². The third kappa shape index (κ3) is 3.43. The van der Waals surface area contributed by atoms with Crippen LogP contribution in [0.2, 0.25) is 0 Å². The van der Waals surface area contributed by atoms with Crippen molar-refractivity contribution >= 4 is 28.5 Å². The number of nitrogens with one attached hydrogen (secondary N) is 1. The summed E-state index contributed by atoms with van der Waals surface area (Å²) in [5.74, 6) is 0.856. The van der Waals surface area contributed by atoms with Crippen LogP contribution in [0.15, 0.2) is 48.5 Å². The lowest BCUT2D eigenvalue weighted by Crippen LogP contribution is -2.44. The van der Waals surface area contributed by atoms with Gasteiger partial charge in [0.2, 0.25) is 0 Å². The third-order valence-corrected chi connectivity index (χ3v) is 5.62. The van der Waals surface area contributed by atoms with Gasteiger partial charge in [-0.2, -0.15) is 0 Å². The van der Waals surface area contributed by atoms with Crippen molar-refractivity contribution < 1.29 is 9.53 Å². The predicted molar refractivity (Wildman–Crippen MR) is 104 cm³/mol. The minimum Gasteiger partial charge on any atom is -0.487 e. The summed E-state index contributed by atoms with van der Waals surface area (Å²) in [4.78, 5) is 12.7. The van der Waals surface area contributed by atoms with E-state index in [-0.39, 0.29) is 17.6 Å². The number of carbonyl (C=O) groups is 1. The van der Waals surface area contributed by atoms with E-state index in [1.807, 2.05) is 48.5 Å². The minimum atomic E-state index is -0.210. The van der Waals surface area contributed by atoms with Crippen LogP contribution in [0.1, 0.15) is 55.1 Å². The van der Waals surface area contributed by atoms with Crippen molar-refractivity contribution in [1.29, 1.82) is 0 Å². The van der Waals surface area contributed by atoms with Crippen molar-refractivity contribution in [3.63, 3.8) is 0 Å². The Balaban J connectivity index is 1.88. The average molecular weight is 435 g/mol. The standard InChI is InChI=1S/C20H22INO2/c1-3-20(4-2)13-17(16-7-5-6-8-18(16)24-20)22-19(23)14-9-11-15(21)12-10-14/h5-12,17H,3-4,13H2,1-2H3,(H,22,23)/t17-/m1/s1. The molecule has 1 aliphatic heterocycles. The number of amides is 1. The number of benzene rings is 2. The second-order valence-corrected chi connectivity index (χ2v) is 7.51. The van der Waals surface area contributed by atoms with Crippen molar-refractivity contribution in [2.75, 3.05) is 0 Å². The molecule has 24 heavy (non-hydrogen) atoms. The summed E-state index contributed by atoms with van der Waals surface area (Å²) in [6.07, 6.45) is 2.65. The maximum Gasteiger partial charge on any atom is 0.251 e.